The number of rotatable bonds is 9. The maximum absolute atomic E-state index is 5.97. The van der Waals surface area contributed by atoms with Crippen molar-refractivity contribution < 1.29 is 0 Å². The molecule has 4 heteroatoms. The number of nitrogens with two attached hydrogens (primary N) is 1. The zero-order valence-electron chi connectivity index (χ0n) is 30.4. The maximum atomic E-state index is 5.97. The summed E-state index contributed by atoms with van der Waals surface area (Å²) in [6.07, 6.45) is 7.93. The van der Waals surface area contributed by atoms with Crippen molar-refractivity contribution in [1.29, 1.82) is 0 Å². The second kappa shape index (κ2) is 23.2. The van der Waals surface area contributed by atoms with Crippen LogP contribution in [-0.4, -0.2) is 31.2 Å². The standard InChI is InChI=1S/C29H40N4.C5H12.C2H6.2C2H4/c1-7-27(25-15-11-12-22(18-25)20-33(30)31-4)21(3)29(28(8-2)32(5)6)26-17-16-23-13-9-10-14-24(23)19-26;1-5(2,3)4;3*1-2/h7,11-12,15-19,31H,1,8-10,13-14,20,30H2,2-6H3;1-4H3;1-2H3;2*1-2H2/b27-21+,29-28+;;;;. The lowest BCUT2D eigenvalue weighted by molar-refractivity contribution is 0.204. The highest BCUT2D eigenvalue weighted by Crippen LogP contribution is 2.36. The van der Waals surface area contributed by atoms with Gasteiger partial charge in [0, 0.05) is 32.4 Å². The van der Waals surface area contributed by atoms with Crippen LogP contribution in [0.15, 0.2) is 92.7 Å². The molecule has 0 saturated carbocycles. The minimum Gasteiger partial charge on any atom is -0.380 e. The average molecular weight is 603 g/mol. The fraction of sp³-hybridized carbons (Fsp3) is 0.450. The zero-order chi connectivity index (χ0) is 34.5. The smallest absolute Gasteiger partial charge is 0.0536 e. The highest BCUT2D eigenvalue weighted by molar-refractivity contribution is 5.93. The number of nitrogens with zero attached hydrogens (tertiary/aromatic N) is 2. The second-order valence-electron chi connectivity index (χ2n) is 12.1. The van der Waals surface area contributed by atoms with Gasteiger partial charge in [-0.2, -0.15) is 5.12 Å². The largest absolute Gasteiger partial charge is 0.380 e. The van der Waals surface area contributed by atoms with E-state index >= 15 is 0 Å². The number of aryl methyl sites for hydroxylation is 2. The van der Waals surface area contributed by atoms with E-state index in [9.17, 15) is 0 Å². The summed E-state index contributed by atoms with van der Waals surface area (Å²) in [7, 11) is 6.12. The van der Waals surface area contributed by atoms with E-state index in [-0.39, 0.29) is 0 Å². The summed E-state index contributed by atoms with van der Waals surface area (Å²) in [5.74, 6) is 5.97. The molecule has 4 nitrogen and oxygen atoms in total. The average Bonchev–Trinajstić information content (AvgIpc) is 3.02. The Bertz CT molecular complexity index is 1160. The van der Waals surface area contributed by atoms with Gasteiger partial charge in [-0.15, -0.1) is 26.3 Å². The first-order chi connectivity index (χ1) is 20.9. The van der Waals surface area contributed by atoms with Gasteiger partial charge in [0.1, 0.15) is 0 Å². The highest BCUT2D eigenvalue weighted by Gasteiger charge is 2.18. The van der Waals surface area contributed by atoms with Crippen molar-refractivity contribution in [3.8, 4) is 0 Å². The maximum Gasteiger partial charge on any atom is 0.0536 e. The van der Waals surface area contributed by atoms with Gasteiger partial charge < -0.3 is 4.90 Å². The lowest BCUT2D eigenvalue weighted by Crippen LogP contribution is -2.40. The molecule has 2 aromatic rings. The summed E-state index contributed by atoms with van der Waals surface area (Å²) in [5, 5.41) is 1.59. The number of hydrazine groups is 2. The molecule has 0 saturated heterocycles. The summed E-state index contributed by atoms with van der Waals surface area (Å²) in [6.45, 7) is 34.0. The lowest BCUT2D eigenvalue weighted by atomic mass is 9.85. The van der Waals surface area contributed by atoms with E-state index in [1.165, 1.54) is 59.2 Å². The predicted octanol–water partition coefficient (Wildman–Crippen LogP) is 10.4. The van der Waals surface area contributed by atoms with Gasteiger partial charge in [0.05, 0.1) is 6.54 Å². The van der Waals surface area contributed by atoms with E-state index in [0.717, 1.165) is 23.1 Å². The summed E-state index contributed by atoms with van der Waals surface area (Å²) in [6, 6.07) is 15.7. The molecule has 0 bridgehead atoms. The fourth-order valence-corrected chi connectivity index (χ4v) is 4.94. The molecule has 1 aliphatic rings. The van der Waals surface area contributed by atoms with Crippen LogP contribution in [0.3, 0.4) is 0 Å². The van der Waals surface area contributed by atoms with Crippen LogP contribution in [0.2, 0.25) is 0 Å². The van der Waals surface area contributed by atoms with Gasteiger partial charge in [-0.3, -0.25) is 5.84 Å². The van der Waals surface area contributed by atoms with E-state index in [0.29, 0.717) is 12.0 Å². The highest BCUT2D eigenvalue weighted by atomic mass is 15.7. The second-order valence-corrected chi connectivity index (χ2v) is 12.1. The summed E-state index contributed by atoms with van der Waals surface area (Å²) >= 11 is 0. The third-order valence-electron chi connectivity index (χ3n) is 6.66. The Kier molecular flexibility index (Phi) is 22.7. The summed E-state index contributed by atoms with van der Waals surface area (Å²) in [4.78, 5) is 2.26. The lowest BCUT2D eigenvalue weighted by Gasteiger charge is -2.25. The number of allylic oxidation sites excluding steroid dienone is 5. The van der Waals surface area contributed by atoms with Crippen molar-refractivity contribution in [1.82, 2.24) is 15.4 Å². The third-order valence-corrected chi connectivity index (χ3v) is 6.66. The monoisotopic (exact) mass is 603 g/mol. The normalized spacial score (nSPS) is 12.9. The quantitative estimate of drug-likeness (QED) is 0.130. The first-order valence-corrected chi connectivity index (χ1v) is 16.0. The Morgan fingerprint density at radius 1 is 0.909 bits per heavy atom. The predicted molar refractivity (Wildman–Crippen MR) is 201 cm³/mol. The molecule has 0 heterocycles. The zero-order valence-corrected chi connectivity index (χ0v) is 30.4. The Morgan fingerprint density at radius 2 is 1.45 bits per heavy atom. The molecule has 3 rings (SSSR count). The van der Waals surface area contributed by atoms with Crippen LogP contribution in [0.5, 0.6) is 0 Å². The van der Waals surface area contributed by atoms with Crippen molar-refractivity contribution in [3.63, 3.8) is 0 Å². The number of benzene rings is 2. The molecule has 0 aromatic heterocycles. The van der Waals surface area contributed by atoms with Crippen LogP contribution in [0, 0.1) is 5.41 Å². The van der Waals surface area contributed by atoms with E-state index < -0.39 is 0 Å². The van der Waals surface area contributed by atoms with Crippen molar-refractivity contribution in [2.75, 3.05) is 21.1 Å². The molecule has 0 atom stereocenters. The molecule has 0 aliphatic heterocycles. The van der Waals surface area contributed by atoms with Gasteiger partial charge in [-0.25, -0.2) is 5.43 Å². The Morgan fingerprint density at radius 3 is 1.93 bits per heavy atom. The van der Waals surface area contributed by atoms with Crippen LogP contribution < -0.4 is 11.3 Å². The summed E-state index contributed by atoms with van der Waals surface area (Å²) in [5.41, 5.74) is 15.2. The molecule has 0 spiro atoms. The first-order valence-electron chi connectivity index (χ1n) is 16.0. The minimum absolute atomic E-state index is 0.500. The molecule has 44 heavy (non-hydrogen) atoms. The van der Waals surface area contributed by atoms with Crippen LogP contribution >= 0.6 is 0 Å². The van der Waals surface area contributed by atoms with Gasteiger partial charge in [-0.1, -0.05) is 97.5 Å². The summed E-state index contributed by atoms with van der Waals surface area (Å²) < 4.78 is 0. The van der Waals surface area contributed by atoms with E-state index in [1.807, 2.05) is 27.0 Å². The third kappa shape index (κ3) is 15.0. The number of hydrogen-bond acceptors (Lipinski definition) is 4. The SMILES string of the molecule is C=C.C=C.C=C/C(=C(C)\C(=C(\CC)N(C)C)c1ccc2c(c1)CCCC2)c1cccc(CN(N)NC)c1.CC.CC(C)(C)C. The Hall–Kier alpha value is -3.18. The molecule has 0 unspecified atom stereocenters. The number of hydrogen-bond donors (Lipinski definition) is 2. The van der Waals surface area contributed by atoms with Crippen LogP contribution in [0.4, 0.5) is 0 Å². The van der Waals surface area contributed by atoms with E-state index in [2.05, 4.69) is 141 Å². The van der Waals surface area contributed by atoms with Gasteiger partial charge in [0.2, 0.25) is 0 Å². The van der Waals surface area contributed by atoms with Gasteiger partial charge >= 0.3 is 0 Å². The molecule has 2 aromatic carbocycles. The van der Waals surface area contributed by atoms with Gasteiger partial charge in [0.15, 0.2) is 0 Å². The first kappa shape index (κ1) is 43.0. The molecule has 0 fully saturated rings. The van der Waals surface area contributed by atoms with Crippen LogP contribution in [-0.2, 0) is 19.4 Å². The van der Waals surface area contributed by atoms with Crippen molar-refractivity contribution in [2.45, 2.75) is 94.0 Å². The van der Waals surface area contributed by atoms with E-state index in [4.69, 9.17) is 5.84 Å². The minimum atomic E-state index is 0.500. The molecular formula is C40H66N4. The Balaban J connectivity index is 0. The topological polar surface area (TPSA) is 44.5 Å². The Labute approximate surface area is 273 Å². The van der Waals surface area contributed by atoms with Crippen LogP contribution in [0.1, 0.15) is 102 Å². The number of nitrogens with one attached hydrogen (secondary N) is 1. The molecule has 3 N–H and O–H groups in total. The van der Waals surface area contributed by atoms with Gasteiger partial charge in [0.25, 0.3) is 0 Å². The van der Waals surface area contributed by atoms with Crippen LogP contribution in [0.25, 0.3) is 11.1 Å². The van der Waals surface area contributed by atoms with Crippen molar-refractivity contribution in [3.05, 3.63) is 121 Å². The fourth-order valence-electron chi connectivity index (χ4n) is 4.94. The molecule has 246 valence electrons. The van der Waals surface area contributed by atoms with Crippen molar-refractivity contribution in [2.24, 2.45) is 11.3 Å². The van der Waals surface area contributed by atoms with Gasteiger partial charge in [-0.05, 0) is 89.5 Å². The molecule has 1 aliphatic carbocycles. The molecular weight excluding hydrogens is 536 g/mol. The molecule has 0 amide bonds. The number of fused-ring (bicyclic) bond motifs is 1. The van der Waals surface area contributed by atoms with E-state index in [1.54, 1.807) is 5.12 Å². The molecule has 0 radical (unpaired) electrons. The van der Waals surface area contributed by atoms with Crippen molar-refractivity contribution >= 4 is 11.1 Å².